The molecule has 0 unspecified atom stereocenters. The number of carboxylic acid groups (broad SMARTS) is 1. The summed E-state index contributed by atoms with van der Waals surface area (Å²) in [7, 11) is 0. The fraction of sp³-hybridized carbons (Fsp3) is 0.133. The molecule has 0 saturated heterocycles. The average molecular weight is 295 g/mol. The zero-order valence-electron chi connectivity index (χ0n) is 10.7. The van der Waals surface area contributed by atoms with Crippen molar-refractivity contribution in [1.29, 1.82) is 0 Å². The number of carboxylic acids is 1. The summed E-state index contributed by atoms with van der Waals surface area (Å²) in [6.07, 6.45) is 0. The van der Waals surface area contributed by atoms with Crippen LogP contribution >= 0.6 is 11.6 Å². The second-order valence-corrected chi connectivity index (χ2v) is 4.74. The molecule has 0 bridgehead atoms. The van der Waals surface area contributed by atoms with Crippen LogP contribution in [0, 0.1) is 12.7 Å². The summed E-state index contributed by atoms with van der Waals surface area (Å²) in [4.78, 5) is 11.1. The van der Waals surface area contributed by atoms with Crippen molar-refractivity contribution in [3.8, 4) is 5.75 Å². The first kappa shape index (κ1) is 14.3. The lowest BCUT2D eigenvalue weighted by molar-refractivity contribution is 0.0694. The third-order valence-electron chi connectivity index (χ3n) is 2.77. The molecule has 0 radical (unpaired) electrons. The zero-order valence-corrected chi connectivity index (χ0v) is 11.4. The van der Waals surface area contributed by atoms with Gasteiger partial charge in [-0.3, -0.25) is 0 Å². The van der Waals surface area contributed by atoms with Crippen molar-refractivity contribution >= 4 is 17.6 Å². The predicted molar refractivity (Wildman–Crippen MR) is 73.9 cm³/mol. The van der Waals surface area contributed by atoms with Crippen molar-refractivity contribution in [3.63, 3.8) is 0 Å². The van der Waals surface area contributed by atoms with Crippen molar-refractivity contribution in [2.45, 2.75) is 13.5 Å². The van der Waals surface area contributed by atoms with Gasteiger partial charge in [0.25, 0.3) is 0 Å². The van der Waals surface area contributed by atoms with E-state index in [0.29, 0.717) is 10.8 Å². The van der Waals surface area contributed by atoms with Gasteiger partial charge in [-0.15, -0.1) is 0 Å². The minimum Gasteiger partial charge on any atom is -0.487 e. The molecule has 104 valence electrons. The van der Waals surface area contributed by atoms with E-state index in [0.717, 1.165) is 17.7 Å². The molecule has 0 fully saturated rings. The van der Waals surface area contributed by atoms with Crippen molar-refractivity contribution in [2.75, 3.05) is 0 Å². The van der Waals surface area contributed by atoms with Crippen LogP contribution in [0.5, 0.6) is 5.75 Å². The minimum absolute atomic E-state index is 0.00892. The SMILES string of the molecule is Cc1ccc(OCc2cc(F)ccc2C(=O)O)c(Cl)c1. The molecule has 0 amide bonds. The van der Waals surface area contributed by atoms with E-state index in [9.17, 15) is 9.18 Å². The molecule has 0 atom stereocenters. The van der Waals surface area contributed by atoms with E-state index in [1.54, 1.807) is 12.1 Å². The Balaban J connectivity index is 2.22. The normalized spacial score (nSPS) is 10.3. The number of ether oxygens (including phenoxy) is 1. The molecule has 0 heterocycles. The Hall–Kier alpha value is -2.07. The fourth-order valence-electron chi connectivity index (χ4n) is 1.77. The molecule has 2 rings (SSSR count). The van der Waals surface area contributed by atoms with Crippen molar-refractivity contribution in [2.24, 2.45) is 0 Å². The molecule has 2 aromatic carbocycles. The number of hydrogen-bond donors (Lipinski definition) is 1. The molecule has 20 heavy (non-hydrogen) atoms. The molecular weight excluding hydrogens is 283 g/mol. The summed E-state index contributed by atoms with van der Waals surface area (Å²) < 4.78 is 18.7. The van der Waals surface area contributed by atoms with Crippen LogP contribution in [0.3, 0.4) is 0 Å². The predicted octanol–water partition coefficient (Wildman–Crippen LogP) is 4.06. The van der Waals surface area contributed by atoms with Crippen molar-refractivity contribution in [3.05, 3.63) is 63.9 Å². The minimum atomic E-state index is -1.13. The molecule has 1 N–H and O–H groups in total. The maximum Gasteiger partial charge on any atom is 0.336 e. The smallest absolute Gasteiger partial charge is 0.336 e. The van der Waals surface area contributed by atoms with Gasteiger partial charge in [-0.1, -0.05) is 17.7 Å². The maximum atomic E-state index is 13.2. The van der Waals surface area contributed by atoms with E-state index in [2.05, 4.69) is 0 Å². The number of hydrogen-bond acceptors (Lipinski definition) is 2. The maximum absolute atomic E-state index is 13.2. The van der Waals surface area contributed by atoms with Crippen LogP contribution in [0.2, 0.25) is 5.02 Å². The van der Waals surface area contributed by atoms with Crippen molar-refractivity contribution in [1.82, 2.24) is 0 Å². The molecule has 0 saturated carbocycles. The molecule has 0 aliphatic heterocycles. The quantitative estimate of drug-likeness (QED) is 0.925. The molecule has 0 aromatic heterocycles. The highest BCUT2D eigenvalue weighted by molar-refractivity contribution is 6.32. The van der Waals surface area contributed by atoms with Crippen LogP contribution in [-0.4, -0.2) is 11.1 Å². The Morgan fingerprint density at radius 2 is 2.05 bits per heavy atom. The Bertz CT molecular complexity index is 656. The molecule has 2 aromatic rings. The largest absolute Gasteiger partial charge is 0.487 e. The highest BCUT2D eigenvalue weighted by Gasteiger charge is 2.12. The van der Waals surface area contributed by atoms with Gasteiger partial charge in [-0.05, 0) is 42.8 Å². The van der Waals surface area contributed by atoms with Crippen LogP contribution in [0.4, 0.5) is 4.39 Å². The van der Waals surface area contributed by atoms with E-state index in [4.69, 9.17) is 21.4 Å². The first-order valence-corrected chi connectivity index (χ1v) is 6.26. The molecular formula is C15H12ClFO3. The average Bonchev–Trinajstić information content (AvgIpc) is 2.37. The highest BCUT2D eigenvalue weighted by Crippen LogP contribution is 2.26. The first-order valence-electron chi connectivity index (χ1n) is 5.88. The van der Waals surface area contributed by atoms with E-state index in [-0.39, 0.29) is 17.7 Å². The molecule has 5 heteroatoms. The van der Waals surface area contributed by atoms with Crippen LogP contribution in [0.25, 0.3) is 0 Å². The summed E-state index contributed by atoms with van der Waals surface area (Å²) in [6.45, 7) is 1.83. The van der Waals surface area contributed by atoms with Gasteiger partial charge in [-0.2, -0.15) is 0 Å². The van der Waals surface area contributed by atoms with Gasteiger partial charge in [0.05, 0.1) is 10.6 Å². The third kappa shape index (κ3) is 3.27. The lowest BCUT2D eigenvalue weighted by Crippen LogP contribution is -2.06. The Morgan fingerprint density at radius 3 is 2.70 bits per heavy atom. The van der Waals surface area contributed by atoms with Crippen LogP contribution in [0.15, 0.2) is 36.4 Å². The van der Waals surface area contributed by atoms with Crippen molar-refractivity contribution < 1.29 is 19.0 Å². The molecule has 0 spiro atoms. The zero-order chi connectivity index (χ0) is 14.7. The number of carbonyl (C=O) groups is 1. The number of rotatable bonds is 4. The number of halogens is 2. The second kappa shape index (κ2) is 5.92. The lowest BCUT2D eigenvalue weighted by Gasteiger charge is -2.10. The number of benzene rings is 2. The van der Waals surface area contributed by atoms with E-state index in [1.165, 1.54) is 6.07 Å². The fourth-order valence-corrected chi connectivity index (χ4v) is 2.06. The second-order valence-electron chi connectivity index (χ2n) is 4.33. The summed E-state index contributed by atoms with van der Waals surface area (Å²) in [5.41, 5.74) is 1.25. The standard InChI is InChI=1S/C15H12ClFO3/c1-9-2-5-14(13(16)6-9)20-8-10-7-11(17)3-4-12(10)15(18)19/h2-7H,8H2,1H3,(H,18,19). The topological polar surface area (TPSA) is 46.5 Å². The number of aromatic carboxylic acids is 1. The van der Waals surface area contributed by atoms with Crippen LogP contribution in [-0.2, 0) is 6.61 Å². The van der Waals surface area contributed by atoms with Gasteiger partial charge >= 0.3 is 5.97 Å². The lowest BCUT2D eigenvalue weighted by atomic mass is 10.1. The van der Waals surface area contributed by atoms with E-state index in [1.807, 2.05) is 13.0 Å². The first-order chi connectivity index (χ1) is 9.47. The van der Waals surface area contributed by atoms with Gasteiger partial charge in [0.2, 0.25) is 0 Å². The van der Waals surface area contributed by atoms with Gasteiger partial charge < -0.3 is 9.84 Å². The Morgan fingerprint density at radius 1 is 1.30 bits per heavy atom. The summed E-state index contributed by atoms with van der Waals surface area (Å²) in [5, 5.41) is 9.47. The van der Waals surface area contributed by atoms with Gasteiger partial charge in [-0.25, -0.2) is 9.18 Å². The Kier molecular flexibility index (Phi) is 4.25. The van der Waals surface area contributed by atoms with Gasteiger partial charge in [0.15, 0.2) is 0 Å². The van der Waals surface area contributed by atoms with Crippen LogP contribution < -0.4 is 4.74 Å². The highest BCUT2D eigenvalue weighted by atomic mass is 35.5. The Labute approximate surface area is 120 Å². The summed E-state index contributed by atoms with van der Waals surface area (Å²) in [6, 6.07) is 8.72. The van der Waals surface area contributed by atoms with E-state index >= 15 is 0 Å². The molecule has 0 aliphatic carbocycles. The molecule has 3 nitrogen and oxygen atoms in total. The van der Waals surface area contributed by atoms with Crippen LogP contribution in [0.1, 0.15) is 21.5 Å². The summed E-state index contributed by atoms with van der Waals surface area (Å²) in [5.74, 6) is -1.21. The number of aryl methyl sites for hydroxylation is 1. The summed E-state index contributed by atoms with van der Waals surface area (Å²) >= 11 is 6.01. The third-order valence-corrected chi connectivity index (χ3v) is 3.06. The van der Waals surface area contributed by atoms with Gasteiger partial charge in [0, 0.05) is 5.56 Å². The monoisotopic (exact) mass is 294 g/mol. The molecule has 0 aliphatic rings. The van der Waals surface area contributed by atoms with E-state index < -0.39 is 11.8 Å². The van der Waals surface area contributed by atoms with Gasteiger partial charge in [0.1, 0.15) is 18.2 Å².